The van der Waals surface area contributed by atoms with Crippen LogP contribution in [0, 0.1) is 6.92 Å². The fraction of sp³-hybridized carbons (Fsp3) is 0.263. The Balaban J connectivity index is 2.35. The molecular formula is C19H22N6O4. The Morgan fingerprint density at radius 3 is 2.48 bits per heavy atom. The molecule has 3 rings (SSSR count). The molecule has 8 N–H and O–H groups in total. The second-order valence-corrected chi connectivity index (χ2v) is 6.35. The van der Waals surface area contributed by atoms with Crippen LogP contribution in [0.2, 0.25) is 0 Å². The first-order chi connectivity index (χ1) is 13.9. The summed E-state index contributed by atoms with van der Waals surface area (Å²) in [6.07, 6.45) is 1.40. The number of hydrogen-bond donors (Lipinski definition) is 6. The van der Waals surface area contributed by atoms with E-state index >= 15 is 0 Å². The number of nitrogens with one attached hydrogen (secondary N) is 1. The average Bonchev–Trinajstić information content (AvgIpc) is 2.72. The summed E-state index contributed by atoms with van der Waals surface area (Å²) in [5.74, 6) is -1.12. The van der Waals surface area contributed by atoms with Gasteiger partial charge in [-0.1, -0.05) is 0 Å². The van der Waals surface area contributed by atoms with Crippen LogP contribution in [0.25, 0.3) is 22.1 Å². The molecule has 0 saturated heterocycles. The first-order valence-corrected chi connectivity index (χ1v) is 8.96. The molecule has 0 bridgehead atoms. The van der Waals surface area contributed by atoms with Crippen LogP contribution >= 0.6 is 0 Å². The van der Waals surface area contributed by atoms with Crippen LogP contribution in [0.1, 0.15) is 21.5 Å². The summed E-state index contributed by atoms with van der Waals surface area (Å²) in [6.45, 7) is 2.71. The Kier molecular flexibility index (Phi) is 5.76. The van der Waals surface area contributed by atoms with Crippen molar-refractivity contribution in [1.82, 2.24) is 15.3 Å². The monoisotopic (exact) mass is 398 g/mol. The number of carbonyl (C=O) groups is 1. The molecule has 0 atom stereocenters. The molecule has 29 heavy (non-hydrogen) atoms. The molecule has 1 amide bonds. The molecule has 10 nitrogen and oxygen atoms in total. The highest BCUT2D eigenvalue weighted by Gasteiger charge is 2.21. The molecule has 3 aromatic rings. The van der Waals surface area contributed by atoms with Gasteiger partial charge in [-0.15, -0.1) is 0 Å². The van der Waals surface area contributed by atoms with Crippen LogP contribution in [0.3, 0.4) is 0 Å². The number of amides is 1. The number of benzene rings is 2. The molecule has 0 aliphatic heterocycles. The highest BCUT2D eigenvalue weighted by atomic mass is 16.3. The Labute approximate surface area is 165 Å². The predicted octanol–water partition coefficient (Wildman–Crippen LogP) is 0.274. The minimum atomic E-state index is -0.436. The third kappa shape index (κ3) is 3.62. The molecule has 0 radical (unpaired) electrons. The van der Waals surface area contributed by atoms with Gasteiger partial charge in [0.05, 0.1) is 17.7 Å². The van der Waals surface area contributed by atoms with Crippen molar-refractivity contribution in [2.75, 3.05) is 26.2 Å². The number of aromatic hydroxyl groups is 3. The SMILES string of the molecule is Cc1c(O)c(/C=N/CCN)c2nc3c(O)ccc(C(=O)NCCN)c3nc2c1O. The van der Waals surface area contributed by atoms with Crippen molar-refractivity contribution in [3.8, 4) is 17.2 Å². The van der Waals surface area contributed by atoms with Crippen molar-refractivity contribution in [3.05, 3.63) is 28.8 Å². The number of nitrogens with zero attached hydrogens (tertiary/aromatic N) is 3. The van der Waals surface area contributed by atoms with E-state index in [1.807, 2.05) is 0 Å². The molecule has 1 aromatic heterocycles. The summed E-state index contributed by atoms with van der Waals surface area (Å²) in [4.78, 5) is 25.4. The minimum absolute atomic E-state index is 0.0500. The zero-order valence-corrected chi connectivity index (χ0v) is 15.8. The summed E-state index contributed by atoms with van der Waals surface area (Å²) in [7, 11) is 0. The number of hydrogen-bond acceptors (Lipinski definition) is 9. The van der Waals surface area contributed by atoms with Crippen molar-refractivity contribution < 1.29 is 20.1 Å². The largest absolute Gasteiger partial charge is 0.507 e. The van der Waals surface area contributed by atoms with Gasteiger partial charge in [-0.3, -0.25) is 9.79 Å². The lowest BCUT2D eigenvalue weighted by Gasteiger charge is -2.13. The predicted molar refractivity (Wildman–Crippen MR) is 110 cm³/mol. The summed E-state index contributed by atoms with van der Waals surface area (Å²) >= 11 is 0. The van der Waals surface area contributed by atoms with Crippen LogP contribution < -0.4 is 16.8 Å². The topological polar surface area (TPSA) is 180 Å². The number of rotatable bonds is 6. The number of phenols is 3. The van der Waals surface area contributed by atoms with Crippen molar-refractivity contribution in [2.24, 2.45) is 16.5 Å². The molecule has 0 saturated carbocycles. The van der Waals surface area contributed by atoms with Crippen LogP contribution in [0.15, 0.2) is 17.1 Å². The number of aliphatic imine (C=N–C) groups is 1. The lowest BCUT2D eigenvalue weighted by atomic mass is 10.0. The lowest BCUT2D eigenvalue weighted by Crippen LogP contribution is -2.29. The van der Waals surface area contributed by atoms with Gasteiger partial charge in [0, 0.05) is 31.4 Å². The first-order valence-electron chi connectivity index (χ1n) is 8.96. The molecule has 2 aromatic carbocycles. The Bertz CT molecular complexity index is 1130. The third-order valence-corrected chi connectivity index (χ3v) is 4.40. The maximum absolute atomic E-state index is 12.5. The summed E-state index contributed by atoms with van der Waals surface area (Å²) in [5.41, 5.74) is 11.8. The molecule has 0 spiro atoms. The maximum Gasteiger partial charge on any atom is 0.253 e. The third-order valence-electron chi connectivity index (χ3n) is 4.40. The molecule has 0 unspecified atom stereocenters. The van der Waals surface area contributed by atoms with Gasteiger partial charge in [0.25, 0.3) is 5.91 Å². The molecule has 10 heteroatoms. The van der Waals surface area contributed by atoms with Crippen molar-refractivity contribution in [2.45, 2.75) is 6.92 Å². The van der Waals surface area contributed by atoms with E-state index in [0.717, 1.165) is 0 Å². The second-order valence-electron chi connectivity index (χ2n) is 6.35. The van der Waals surface area contributed by atoms with E-state index in [9.17, 15) is 20.1 Å². The van der Waals surface area contributed by atoms with Crippen LogP contribution in [0.5, 0.6) is 17.2 Å². The number of nitrogens with two attached hydrogens (primary N) is 2. The van der Waals surface area contributed by atoms with Crippen molar-refractivity contribution in [1.29, 1.82) is 0 Å². The van der Waals surface area contributed by atoms with Gasteiger partial charge in [-0.05, 0) is 19.1 Å². The van der Waals surface area contributed by atoms with E-state index in [-0.39, 0.29) is 69.1 Å². The summed E-state index contributed by atoms with van der Waals surface area (Å²) in [5, 5.41) is 33.9. The first kappa shape index (κ1) is 20.2. The molecular weight excluding hydrogens is 376 g/mol. The Hall–Kier alpha value is -3.50. The van der Waals surface area contributed by atoms with Gasteiger partial charge in [0.15, 0.2) is 0 Å². The number of fused-ring (bicyclic) bond motifs is 2. The standard InChI is InChI=1S/C19H22N6O4/c1-9-17(27)11(8-22-6-4-20)14-16(18(9)28)25-13-10(19(29)23-7-5-21)2-3-12(26)15(13)24-14/h2-3,8,26-28H,4-7,20-21H2,1H3,(H,23,29)/b22-8+. The van der Waals surface area contributed by atoms with Crippen LogP contribution in [-0.4, -0.2) is 63.6 Å². The molecule has 152 valence electrons. The fourth-order valence-electron chi connectivity index (χ4n) is 2.90. The lowest BCUT2D eigenvalue weighted by molar-refractivity contribution is 0.0956. The maximum atomic E-state index is 12.5. The molecule has 0 aliphatic rings. The number of aromatic nitrogens is 2. The van der Waals surface area contributed by atoms with Gasteiger partial charge in [-0.2, -0.15) is 0 Å². The van der Waals surface area contributed by atoms with E-state index in [1.54, 1.807) is 0 Å². The molecule has 1 heterocycles. The van der Waals surface area contributed by atoms with Gasteiger partial charge in [0.2, 0.25) is 0 Å². The quantitative estimate of drug-likeness (QED) is 0.253. The Morgan fingerprint density at radius 1 is 1.07 bits per heavy atom. The van der Waals surface area contributed by atoms with Crippen molar-refractivity contribution in [3.63, 3.8) is 0 Å². The summed E-state index contributed by atoms with van der Waals surface area (Å²) < 4.78 is 0. The zero-order chi connectivity index (χ0) is 21.1. The van der Waals surface area contributed by atoms with E-state index in [0.29, 0.717) is 13.1 Å². The zero-order valence-electron chi connectivity index (χ0n) is 15.8. The van der Waals surface area contributed by atoms with Gasteiger partial charge < -0.3 is 32.1 Å². The molecule has 0 fully saturated rings. The highest BCUT2D eigenvalue weighted by molar-refractivity contribution is 6.10. The van der Waals surface area contributed by atoms with E-state index in [1.165, 1.54) is 25.3 Å². The highest BCUT2D eigenvalue weighted by Crippen LogP contribution is 2.38. The van der Waals surface area contributed by atoms with Crippen molar-refractivity contribution >= 4 is 34.2 Å². The minimum Gasteiger partial charge on any atom is -0.507 e. The average molecular weight is 398 g/mol. The van der Waals surface area contributed by atoms with Gasteiger partial charge in [0.1, 0.15) is 39.3 Å². The van der Waals surface area contributed by atoms with Crippen LogP contribution in [0.4, 0.5) is 0 Å². The van der Waals surface area contributed by atoms with E-state index in [4.69, 9.17) is 11.5 Å². The van der Waals surface area contributed by atoms with Gasteiger partial charge >= 0.3 is 0 Å². The number of carbonyl (C=O) groups excluding carboxylic acids is 1. The van der Waals surface area contributed by atoms with E-state index < -0.39 is 5.91 Å². The normalized spacial score (nSPS) is 11.6. The van der Waals surface area contributed by atoms with Crippen LogP contribution in [-0.2, 0) is 0 Å². The Morgan fingerprint density at radius 2 is 1.79 bits per heavy atom. The number of phenolic OH excluding ortho intramolecular Hbond substituents is 3. The smallest absolute Gasteiger partial charge is 0.253 e. The van der Waals surface area contributed by atoms with E-state index in [2.05, 4.69) is 20.3 Å². The second kappa shape index (κ2) is 8.25. The molecule has 0 aliphatic carbocycles. The van der Waals surface area contributed by atoms with Gasteiger partial charge in [-0.25, -0.2) is 9.97 Å². The summed E-state index contributed by atoms with van der Waals surface area (Å²) in [6, 6.07) is 2.74. The fourth-order valence-corrected chi connectivity index (χ4v) is 2.90.